The van der Waals surface area contributed by atoms with E-state index in [9.17, 15) is 9.18 Å². The molecule has 2 N–H and O–H groups in total. The molecule has 0 aromatic rings. The third-order valence-corrected chi connectivity index (χ3v) is 5.12. The van der Waals surface area contributed by atoms with Gasteiger partial charge < -0.3 is 34.3 Å². The van der Waals surface area contributed by atoms with Crippen molar-refractivity contribution in [3.63, 3.8) is 0 Å². The standard InChI is InChI=1S/C23H47FN2O6/c1-6-19(3)23(27)26-18-22(24)21(5)32-17-16-31-15-14-30-13-12-29-11-10-28-9-8-25-20(4)7-2/h19-22,25H,6-18H2,1-5H3,(H,26,27). The molecule has 0 aliphatic carbocycles. The van der Waals surface area contributed by atoms with E-state index >= 15 is 0 Å². The Balaban J connectivity index is 3.35. The molecule has 0 aliphatic rings. The molecule has 0 saturated carbocycles. The van der Waals surface area contributed by atoms with E-state index in [0.29, 0.717) is 58.9 Å². The molecule has 32 heavy (non-hydrogen) atoms. The molecule has 0 aromatic carbocycles. The smallest absolute Gasteiger partial charge is 0.222 e. The summed E-state index contributed by atoms with van der Waals surface area (Å²) >= 11 is 0. The van der Waals surface area contributed by atoms with E-state index in [0.717, 1.165) is 19.4 Å². The number of carbonyl (C=O) groups excluding carboxylic acids is 1. The summed E-state index contributed by atoms with van der Waals surface area (Å²) in [5.41, 5.74) is 0. The van der Waals surface area contributed by atoms with Crippen LogP contribution in [0.15, 0.2) is 0 Å². The Morgan fingerprint density at radius 2 is 1.28 bits per heavy atom. The molecule has 0 saturated heterocycles. The van der Waals surface area contributed by atoms with E-state index < -0.39 is 12.3 Å². The summed E-state index contributed by atoms with van der Waals surface area (Å²) < 4.78 is 41.2. The number of carbonyl (C=O) groups is 1. The number of rotatable bonds is 23. The third-order valence-electron chi connectivity index (χ3n) is 5.12. The van der Waals surface area contributed by atoms with Crippen LogP contribution in [-0.2, 0) is 28.5 Å². The van der Waals surface area contributed by atoms with Gasteiger partial charge in [0.2, 0.25) is 5.91 Å². The molecule has 4 unspecified atom stereocenters. The Bertz CT molecular complexity index is 433. The number of ether oxygens (including phenoxy) is 5. The normalized spacial score (nSPS) is 15.3. The van der Waals surface area contributed by atoms with Crippen molar-refractivity contribution in [3.8, 4) is 0 Å². The van der Waals surface area contributed by atoms with Crippen molar-refractivity contribution in [2.45, 2.75) is 65.8 Å². The fraction of sp³-hybridized carbons (Fsp3) is 0.957. The van der Waals surface area contributed by atoms with Crippen molar-refractivity contribution in [2.24, 2.45) is 5.92 Å². The minimum absolute atomic E-state index is 0.0390. The second-order valence-corrected chi connectivity index (χ2v) is 7.86. The minimum Gasteiger partial charge on any atom is -0.378 e. The number of nitrogens with one attached hydrogen (secondary N) is 2. The largest absolute Gasteiger partial charge is 0.378 e. The maximum absolute atomic E-state index is 14.0. The zero-order chi connectivity index (χ0) is 24.0. The van der Waals surface area contributed by atoms with E-state index in [1.807, 2.05) is 13.8 Å². The van der Waals surface area contributed by atoms with Gasteiger partial charge in [-0.15, -0.1) is 0 Å². The number of halogens is 1. The summed E-state index contributed by atoms with van der Waals surface area (Å²) in [6.45, 7) is 14.9. The summed E-state index contributed by atoms with van der Waals surface area (Å²) in [4.78, 5) is 11.7. The minimum atomic E-state index is -1.25. The monoisotopic (exact) mass is 466 g/mol. The fourth-order valence-electron chi connectivity index (χ4n) is 2.40. The van der Waals surface area contributed by atoms with Crippen molar-refractivity contribution >= 4 is 5.91 Å². The van der Waals surface area contributed by atoms with Crippen LogP contribution in [0.5, 0.6) is 0 Å². The molecule has 8 nitrogen and oxygen atoms in total. The molecule has 0 bridgehead atoms. The molecule has 0 heterocycles. The van der Waals surface area contributed by atoms with Crippen LogP contribution in [0, 0.1) is 5.92 Å². The van der Waals surface area contributed by atoms with E-state index in [-0.39, 0.29) is 25.0 Å². The van der Waals surface area contributed by atoms with Gasteiger partial charge in [0.05, 0.1) is 72.1 Å². The van der Waals surface area contributed by atoms with Crippen LogP contribution < -0.4 is 10.6 Å². The second kappa shape index (κ2) is 22.0. The van der Waals surface area contributed by atoms with Gasteiger partial charge in [0.1, 0.15) is 6.17 Å². The van der Waals surface area contributed by atoms with Crippen LogP contribution >= 0.6 is 0 Å². The second-order valence-electron chi connectivity index (χ2n) is 7.86. The summed E-state index contributed by atoms with van der Waals surface area (Å²) in [6.07, 6.45) is -0.0154. The molecule has 1 amide bonds. The molecular formula is C23H47FN2O6. The Labute approximate surface area is 194 Å². The van der Waals surface area contributed by atoms with Gasteiger partial charge in [-0.1, -0.05) is 20.8 Å². The lowest BCUT2D eigenvalue weighted by Crippen LogP contribution is -2.38. The molecule has 0 spiro atoms. The van der Waals surface area contributed by atoms with E-state index in [2.05, 4.69) is 24.5 Å². The zero-order valence-corrected chi connectivity index (χ0v) is 20.8. The molecule has 0 rings (SSSR count). The fourth-order valence-corrected chi connectivity index (χ4v) is 2.40. The number of hydrogen-bond donors (Lipinski definition) is 2. The van der Waals surface area contributed by atoms with Gasteiger partial charge in [-0.3, -0.25) is 4.79 Å². The van der Waals surface area contributed by atoms with Gasteiger partial charge in [0.25, 0.3) is 0 Å². The molecule has 9 heteroatoms. The van der Waals surface area contributed by atoms with E-state index in [4.69, 9.17) is 23.7 Å². The molecule has 4 atom stereocenters. The molecule has 0 radical (unpaired) electrons. The average Bonchev–Trinajstić information content (AvgIpc) is 2.80. The maximum atomic E-state index is 14.0. The molecule has 0 aliphatic heterocycles. The topological polar surface area (TPSA) is 87.3 Å². The Hall–Kier alpha value is -0.840. The van der Waals surface area contributed by atoms with Gasteiger partial charge in [-0.2, -0.15) is 0 Å². The van der Waals surface area contributed by atoms with Gasteiger partial charge in [-0.25, -0.2) is 4.39 Å². The van der Waals surface area contributed by atoms with Gasteiger partial charge in [-0.05, 0) is 26.7 Å². The highest BCUT2D eigenvalue weighted by molar-refractivity contribution is 5.78. The van der Waals surface area contributed by atoms with Crippen LogP contribution in [0.3, 0.4) is 0 Å². The first-order chi connectivity index (χ1) is 15.4. The van der Waals surface area contributed by atoms with Gasteiger partial charge >= 0.3 is 0 Å². The lowest BCUT2D eigenvalue weighted by molar-refractivity contribution is -0.125. The molecule has 0 fully saturated rings. The highest BCUT2D eigenvalue weighted by atomic mass is 19.1. The molecule has 192 valence electrons. The van der Waals surface area contributed by atoms with Crippen molar-refractivity contribution in [1.82, 2.24) is 10.6 Å². The Morgan fingerprint density at radius 3 is 1.78 bits per heavy atom. The van der Waals surface area contributed by atoms with Crippen LogP contribution in [0.25, 0.3) is 0 Å². The summed E-state index contributed by atoms with van der Waals surface area (Å²) in [5.74, 6) is -0.240. The highest BCUT2D eigenvalue weighted by Crippen LogP contribution is 2.04. The van der Waals surface area contributed by atoms with Gasteiger partial charge in [0.15, 0.2) is 0 Å². The van der Waals surface area contributed by atoms with E-state index in [1.54, 1.807) is 6.92 Å². The first-order valence-corrected chi connectivity index (χ1v) is 12.0. The van der Waals surface area contributed by atoms with Crippen molar-refractivity contribution in [1.29, 1.82) is 0 Å². The van der Waals surface area contributed by atoms with Crippen LogP contribution in [0.4, 0.5) is 4.39 Å². The van der Waals surface area contributed by atoms with Crippen molar-refractivity contribution < 1.29 is 32.9 Å². The van der Waals surface area contributed by atoms with Crippen LogP contribution in [0.2, 0.25) is 0 Å². The van der Waals surface area contributed by atoms with E-state index in [1.165, 1.54) is 0 Å². The SMILES string of the molecule is CCC(C)NCCOCCOCCOCCOCCOC(C)C(F)CNC(=O)C(C)CC. The Kier molecular flexibility index (Phi) is 21.4. The van der Waals surface area contributed by atoms with Gasteiger partial charge in [0, 0.05) is 18.5 Å². The predicted molar refractivity (Wildman–Crippen MR) is 124 cm³/mol. The zero-order valence-electron chi connectivity index (χ0n) is 20.8. The average molecular weight is 467 g/mol. The maximum Gasteiger partial charge on any atom is 0.222 e. The first kappa shape index (κ1) is 31.2. The third kappa shape index (κ3) is 18.7. The molecule has 0 aromatic heterocycles. The quantitative estimate of drug-likeness (QED) is 0.224. The highest BCUT2D eigenvalue weighted by Gasteiger charge is 2.19. The summed E-state index contributed by atoms with van der Waals surface area (Å²) in [6, 6.07) is 0.523. The lowest BCUT2D eigenvalue weighted by atomic mass is 10.1. The predicted octanol–water partition coefficient (Wildman–Crippen LogP) is 2.35. The Morgan fingerprint density at radius 1 is 0.781 bits per heavy atom. The first-order valence-electron chi connectivity index (χ1n) is 12.0. The van der Waals surface area contributed by atoms with Crippen molar-refractivity contribution in [3.05, 3.63) is 0 Å². The number of hydrogen-bond acceptors (Lipinski definition) is 7. The van der Waals surface area contributed by atoms with Crippen LogP contribution in [-0.4, -0.2) is 96.8 Å². The summed E-state index contributed by atoms with van der Waals surface area (Å²) in [7, 11) is 0. The van der Waals surface area contributed by atoms with Crippen molar-refractivity contribution in [2.75, 3.05) is 72.6 Å². The molecular weight excluding hydrogens is 419 g/mol. The number of amides is 1. The lowest BCUT2D eigenvalue weighted by Gasteiger charge is -2.19. The van der Waals surface area contributed by atoms with Crippen LogP contribution in [0.1, 0.15) is 47.5 Å². The summed E-state index contributed by atoms with van der Waals surface area (Å²) in [5, 5.41) is 5.98. The number of alkyl halides is 1.